The van der Waals surface area contributed by atoms with Crippen LogP contribution in [0, 0.1) is 13.8 Å². The van der Waals surface area contributed by atoms with E-state index in [9.17, 15) is 0 Å². The zero-order valence-electron chi connectivity index (χ0n) is 13.7. The molecule has 0 radical (unpaired) electrons. The maximum atomic E-state index is 4.75. The molecule has 1 atom stereocenters. The minimum Gasteiger partial charge on any atom is -0.362 e. The van der Waals surface area contributed by atoms with Crippen LogP contribution in [-0.2, 0) is 0 Å². The van der Waals surface area contributed by atoms with Crippen molar-refractivity contribution < 1.29 is 0 Å². The second-order valence-corrected chi connectivity index (χ2v) is 6.47. The van der Waals surface area contributed by atoms with Gasteiger partial charge in [-0.3, -0.25) is 0 Å². The summed E-state index contributed by atoms with van der Waals surface area (Å²) in [4.78, 5) is 13.9. The Morgan fingerprint density at radius 1 is 1.24 bits per heavy atom. The highest BCUT2D eigenvalue weighted by Crippen LogP contribution is 2.32. The summed E-state index contributed by atoms with van der Waals surface area (Å²) in [7, 11) is 6.30. The summed E-state index contributed by atoms with van der Waals surface area (Å²) in [6, 6.07) is 0.518. The summed E-state index contributed by atoms with van der Waals surface area (Å²) >= 11 is 0. The van der Waals surface area contributed by atoms with E-state index in [1.807, 2.05) is 21.0 Å². The molecule has 2 aromatic rings. The first kappa shape index (κ1) is 14.3. The van der Waals surface area contributed by atoms with Crippen molar-refractivity contribution in [2.45, 2.75) is 32.7 Å². The van der Waals surface area contributed by atoms with E-state index in [1.54, 1.807) is 0 Å². The number of aryl methyl sites for hydroxylation is 2. The molecule has 1 fully saturated rings. The largest absolute Gasteiger partial charge is 0.362 e. The third-order valence-corrected chi connectivity index (χ3v) is 4.37. The van der Waals surface area contributed by atoms with E-state index < -0.39 is 0 Å². The lowest BCUT2D eigenvalue weighted by Crippen LogP contribution is -2.33. The number of fused-ring (bicyclic) bond motifs is 1. The van der Waals surface area contributed by atoms with Crippen molar-refractivity contribution in [2.24, 2.45) is 0 Å². The fourth-order valence-electron chi connectivity index (χ4n) is 3.39. The molecule has 3 rings (SSSR count). The zero-order chi connectivity index (χ0) is 15.1. The number of likely N-dealkylation sites (N-methyl/N-ethyl adjacent to an activating group) is 1. The second-order valence-electron chi connectivity index (χ2n) is 6.47. The highest BCUT2D eigenvalue weighted by molar-refractivity contribution is 5.91. The number of nitrogens with zero attached hydrogens (tertiary/aromatic N) is 5. The Morgan fingerprint density at radius 2 is 2.00 bits per heavy atom. The van der Waals surface area contributed by atoms with Crippen LogP contribution in [-0.4, -0.2) is 53.7 Å². The predicted molar refractivity (Wildman–Crippen MR) is 87.1 cm³/mol. The van der Waals surface area contributed by atoms with Crippen molar-refractivity contribution in [3.8, 4) is 0 Å². The van der Waals surface area contributed by atoms with Crippen LogP contribution in [0.3, 0.4) is 0 Å². The number of piperidine rings is 1. The van der Waals surface area contributed by atoms with Gasteiger partial charge in [-0.2, -0.15) is 0 Å². The second kappa shape index (κ2) is 5.30. The van der Waals surface area contributed by atoms with E-state index in [-0.39, 0.29) is 0 Å². The average Bonchev–Trinajstić information content (AvgIpc) is 2.75. The number of aromatic nitrogens is 3. The maximum absolute atomic E-state index is 4.75. The molecule has 3 heterocycles. The summed E-state index contributed by atoms with van der Waals surface area (Å²) in [6.07, 6.45) is 4.74. The lowest BCUT2D eigenvalue weighted by atomic mass is 10.1. The highest BCUT2D eigenvalue weighted by atomic mass is 15.2. The zero-order valence-corrected chi connectivity index (χ0v) is 13.7. The van der Waals surface area contributed by atoms with Crippen LogP contribution >= 0.6 is 0 Å². The molecule has 0 amide bonds. The van der Waals surface area contributed by atoms with Gasteiger partial charge in [0.15, 0.2) is 0 Å². The van der Waals surface area contributed by atoms with Crippen LogP contribution in [0.25, 0.3) is 11.0 Å². The van der Waals surface area contributed by atoms with Crippen molar-refractivity contribution in [3.05, 3.63) is 17.6 Å². The first-order valence-corrected chi connectivity index (χ1v) is 7.69. The minimum absolute atomic E-state index is 0.518. The van der Waals surface area contributed by atoms with Crippen molar-refractivity contribution in [1.82, 2.24) is 19.4 Å². The number of hydrogen-bond donors (Lipinski definition) is 0. The van der Waals surface area contributed by atoms with Crippen molar-refractivity contribution in [2.75, 3.05) is 39.1 Å². The van der Waals surface area contributed by atoms with Gasteiger partial charge < -0.3 is 14.4 Å². The molecule has 5 heteroatoms. The van der Waals surface area contributed by atoms with Crippen LogP contribution in [0.2, 0.25) is 0 Å². The van der Waals surface area contributed by atoms with E-state index in [4.69, 9.17) is 4.98 Å². The van der Waals surface area contributed by atoms with Crippen LogP contribution in [0.5, 0.6) is 0 Å². The topological polar surface area (TPSA) is 37.2 Å². The minimum atomic E-state index is 0.518. The molecule has 5 nitrogen and oxygen atoms in total. The van der Waals surface area contributed by atoms with Gasteiger partial charge in [0.1, 0.15) is 17.3 Å². The number of anilines is 1. The van der Waals surface area contributed by atoms with Gasteiger partial charge in [-0.15, -0.1) is 0 Å². The molecule has 0 bridgehead atoms. The Kier molecular flexibility index (Phi) is 3.61. The number of likely N-dealkylation sites (tertiary alicyclic amines) is 1. The lowest BCUT2D eigenvalue weighted by molar-refractivity contribution is 0.214. The van der Waals surface area contributed by atoms with Crippen LogP contribution in [0.15, 0.2) is 6.20 Å². The lowest BCUT2D eigenvalue weighted by Gasteiger charge is -2.31. The Labute approximate surface area is 126 Å². The molecular formula is C16H25N5. The fraction of sp³-hybridized carbons (Fsp3) is 0.625. The quantitative estimate of drug-likeness (QED) is 0.850. The summed E-state index contributed by atoms with van der Waals surface area (Å²) < 4.78 is 2.38. The third-order valence-electron chi connectivity index (χ3n) is 4.37. The summed E-state index contributed by atoms with van der Waals surface area (Å²) in [5.74, 6) is 1.87. The molecule has 1 aliphatic heterocycles. The molecule has 0 saturated carbocycles. The van der Waals surface area contributed by atoms with Gasteiger partial charge in [0.25, 0.3) is 0 Å². The average molecular weight is 287 g/mol. The summed E-state index contributed by atoms with van der Waals surface area (Å²) in [5, 5.41) is 1.19. The molecular weight excluding hydrogens is 262 g/mol. The van der Waals surface area contributed by atoms with E-state index in [0.29, 0.717) is 6.04 Å². The number of rotatable bonds is 2. The first-order chi connectivity index (χ1) is 9.97. The van der Waals surface area contributed by atoms with Crippen LogP contribution < -0.4 is 4.90 Å². The molecule has 1 saturated heterocycles. The molecule has 114 valence electrons. The van der Waals surface area contributed by atoms with E-state index in [0.717, 1.165) is 23.8 Å². The van der Waals surface area contributed by atoms with Gasteiger partial charge >= 0.3 is 0 Å². The molecule has 21 heavy (non-hydrogen) atoms. The SMILES string of the molecule is Cc1nc(N(C)C)c2c(C)cn([C@H]3CCCN(C)C3)c2n1. The highest BCUT2D eigenvalue weighted by Gasteiger charge is 2.23. The molecule has 2 aromatic heterocycles. The molecule has 0 unspecified atom stereocenters. The predicted octanol–water partition coefficient (Wildman–Crippen LogP) is 2.38. The van der Waals surface area contributed by atoms with E-state index >= 15 is 0 Å². The molecule has 0 aliphatic carbocycles. The van der Waals surface area contributed by atoms with Gasteiger partial charge in [0.2, 0.25) is 0 Å². The number of hydrogen-bond acceptors (Lipinski definition) is 4. The Morgan fingerprint density at radius 3 is 2.67 bits per heavy atom. The normalized spacial score (nSPS) is 20.1. The summed E-state index contributed by atoms with van der Waals surface area (Å²) in [5.41, 5.74) is 2.35. The Hall–Kier alpha value is -1.62. The van der Waals surface area contributed by atoms with Crippen LogP contribution in [0.4, 0.5) is 5.82 Å². The fourth-order valence-corrected chi connectivity index (χ4v) is 3.39. The third kappa shape index (κ3) is 2.50. The van der Waals surface area contributed by atoms with Crippen molar-refractivity contribution in [1.29, 1.82) is 0 Å². The molecule has 0 N–H and O–H groups in total. The van der Waals surface area contributed by atoms with E-state index in [1.165, 1.54) is 30.3 Å². The van der Waals surface area contributed by atoms with E-state index in [2.05, 4.69) is 39.5 Å². The van der Waals surface area contributed by atoms with Gasteiger partial charge in [0, 0.05) is 32.9 Å². The standard InChI is InChI=1S/C16H25N5/c1-11-9-21(13-7-6-8-20(5)10-13)16-14(11)15(19(3)4)17-12(2)18-16/h9,13H,6-8,10H2,1-5H3/t13-/m0/s1. The molecule has 0 aromatic carbocycles. The van der Waals surface area contributed by atoms with Gasteiger partial charge in [-0.25, -0.2) is 9.97 Å². The molecule has 1 aliphatic rings. The smallest absolute Gasteiger partial charge is 0.146 e. The van der Waals surface area contributed by atoms with Crippen LogP contribution in [0.1, 0.15) is 30.3 Å². The van der Waals surface area contributed by atoms with Gasteiger partial charge in [-0.05, 0) is 45.8 Å². The first-order valence-electron chi connectivity index (χ1n) is 7.69. The summed E-state index contributed by atoms with van der Waals surface area (Å²) in [6.45, 7) is 6.44. The Balaban J connectivity index is 2.16. The van der Waals surface area contributed by atoms with Crippen molar-refractivity contribution >= 4 is 16.9 Å². The van der Waals surface area contributed by atoms with Gasteiger partial charge in [0.05, 0.1) is 5.39 Å². The van der Waals surface area contributed by atoms with Crippen molar-refractivity contribution in [3.63, 3.8) is 0 Å². The van der Waals surface area contributed by atoms with Gasteiger partial charge in [-0.1, -0.05) is 0 Å². The monoisotopic (exact) mass is 287 g/mol. The Bertz CT molecular complexity index is 658. The maximum Gasteiger partial charge on any atom is 0.146 e. The molecule has 0 spiro atoms.